The van der Waals surface area contributed by atoms with Crippen molar-refractivity contribution in [3.05, 3.63) is 28.2 Å². The number of methoxy groups -OCH3 is 1. The van der Waals surface area contributed by atoms with Crippen LogP contribution in [0, 0.1) is 5.92 Å². The van der Waals surface area contributed by atoms with E-state index in [1.165, 1.54) is 5.56 Å². The molecule has 5 heteroatoms. The summed E-state index contributed by atoms with van der Waals surface area (Å²) in [6, 6.07) is 6.60. The summed E-state index contributed by atoms with van der Waals surface area (Å²) in [7, 11) is 1.67. The van der Waals surface area contributed by atoms with Crippen molar-refractivity contribution in [1.82, 2.24) is 5.32 Å². The van der Waals surface area contributed by atoms with Crippen molar-refractivity contribution in [1.29, 1.82) is 0 Å². The van der Waals surface area contributed by atoms with Crippen LogP contribution in [0.25, 0.3) is 0 Å². The van der Waals surface area contributed by atoms with E-state index in [4.69, 9.17) is 9.47 Å². The molecule has 0 aliphatic heterocycles. The largest absolute Gasteiger partial charge is 0.496 e. The van der Waals surface area contributed by atoms with E-state index in [0.717, 1.165) is 42.5 Å². The molecular formula is C17H24BrNO3. The molecule has 0 radical (unpaired) electrons. The fourth-order valence-electron chi connectivity index (χ4n) is 2.88. The lowest BCUT2D eigenvalue weighted by Crippen LogP contribution is -2.35. The van der Waals surface area contributed by atoms with Crippen LogP contribution in [0.5, 0.6) is 5.75 Å². The number of halogens is 1. The second-order valence-electron chi connectivity index (χ2n) is 5.65. The first-order chi connectivity index (χ1) is 10.6. The van der Waals surface area contributed by atoms with Gasteiger partial charge in [0, 0.05) is 12.6 Å². The van der Waals surface area contributed by atoms with E-state index in [1.54, 1.807) is 7.11 Å². The predicted octanol–water partition coefficient (Wildman–Crippen LogP) is 3.67. The molecule has 1 aromatic rings. The van der Waals surface area contributed by atoms with E-state index in [9.17, 15) is 4.79 Å². The van der Waals surface area contributed by atoms with Crippen LogP contribution in [-0.2, 0) is 16.1 Å². The van der Waals surface area contributed by atoms with Gasteiger partial charge in [-0.15, -0.1) is 0 Å². The lowest BCUT2D eigenvalue weighted by atomic mass is 9.86. The van der Waals surface area contributed by atoms with Crippen molar-refractivity contribution < 1.29 is 14.3 Å². The number of carbonyl (C=O) groups is 1. The summed E-state index contributed by atoms with van der Waals surface area (Å²) in [5.41, 5.74) is 1.22. The zero-order valence-corrected chi connectivity index (χ0v) is 14.8. The van der Waals surface area contributed by atoms with Gasteiger partial charge < -0.3 is 14.8 Å². The Kier molecular flexibility index (Phi) is 6.70. The van der Waals surface area contributed by atoms with Gasteiger partial charge in [-0.3, -0.25) is 4.79 Å². The van der Waals surface area contributed by atoms with E-state index < -0.39 is 0 Å². The van der Waals surface area contributed by atoms with Gasteiger partial charge in [0.25, 0.3) is 0 Å². The monoisotopic (exact) mass is 369 g/mol. The molecule has 0 bridgehead atoms. The molecule has 122 valence electrons. The van der Waals surface area contributed by atoms with Crippen molar-refractivity contribution in [2.45, 2.75) is 45.2 Å². The first kappa shape index (κ1) is 17.3. The summed E-state index contributed by atoms with van der Waals surface area (Å²) in [4.78, 5) is 11.7. The highest BCUT2D eigenvalue weighted by Gasteiger charge is 2.26. The number of carbonyl (C=O) groups excluding carboxylic acids is 1. The van der Waals surface area contributed by atoms with Gasteiger partial charge in [0.05, 0.1) is 24.1 Å². The Labute approximate surface area is 140 Å². The van der Waals surface area contributed by atoms with Crippen molar-refractivity contribution in [2.75, 3.05) is 13.7 Å². The molecule has 2 rings (SSSR count). The molecule has 1 fully saturated rings. The first-order valence-corrected chi connectivity index (χ1v) is 8.65. The van der Waals surface area contributed by atoms with Crippen molar-refractivity contribution in [3.63, 3.8) is 0 Å². The second-order valence-corrected chi connectivity index (χ2v) is 6.50. The maximum atomic E-state index is 11.7. The SMILES string of the molecule is CCOC(=O)C1CCC(NCc2ccc(OC)c(Br)c2)CC1. The van der Waals surface area contributed by atoms with Crippen LogP contribution in [0.4, 0.5) is 0 Å². The van der Waals surface area contributed by atoms with Crippen LogP contribution in [0.1, 0.15) is 38.2 Å². The van der Waals surface area contributed by atoms with E-state index in [-0.39, 0.29) is 11.9 Å². The van der Waals surface area contributed by atoms with Gasteiger partial charge in [-0.25, -0.2) is 0 Å². The molecule has 1 N–H and O–H groups in total. The van der Waals surface area contributed by atoms with Gasteiger partial charge in [0.2, 0.25) is 0 Å². The highest BCUT2D eigenvalue weighted by Crippen LogP contribution is 2.27. The summed E-state index contributed by atoms with van der Waals surface area (Å²) in [5, 5.41) is 3.58. The molecule has 0 heterocycles. The molecule has 1 saturated carbocycles. The second kappa shape index (κ2) is 8.53. The maximum absolute atomic E-state index is 11.7. The fraction of sp³-hybridized carbons (Fsp3) is 0.588. The molecule has 22 heavy (non-hydrogen) atoms. The number of hydrogen-bond donors (Lipinski definition) is 1. The van der Waals surface area contributed by atoms with Gasteiger partial charge in [0.1, 0.15) is 5.75 Å². The number of hydrogen-bond acceptors (Lipinski definition) is 4. The topological polar surface area (TPSA) is 47.6 Å². The predicted molar refractivity (Wildman–Crippen MR) is 89.9 cm³/mol. The standard InChI is InChI=1S/C17H24BrNO3/c1-3-22-17(20)13-5-7-14(8-6-13)19-11-12-4-9-16(21-2)15(18)10-12/h4,9-10,13-14,19H,3,5-8,11H2,1-2H3. The van der Waals surface area contributed by atoms with Gasteiger partial charge in [-0.2, -0.15) is 0 Å². The van der Waals surface area contributed by atoms with E-state index in [0.29, 0.717) is 12.6 Å². The van der Waals surface area contributed by atoms with Crippen LogP contribution < -0.4 is 10.1 Å². The molecule has 1 aliphatic carbocycles. The molecule has 1 aliphatic rings. The summed E-state index contributed by atoms with van der Waals surface area (Å²) in [6.07, 6.45) is 3.90. The Hall–Kier alpha value is -1.07. The van der Waals surface area contributed by atoms with E-state index in [2.05, 4.69) is 33.4 Å². The summed E-state index contributed by atoms with van der Waals surface area (Å²) in [6.45, 7) is 3.17. The Morgan fingerprint density at radius 1 is 1.32 bits per heavy atom. The smallest absolute Gasteiger partial charge is 0.308 e. The normalized spacial score (nSPS) is 21.4. The molecule has 0 amide bonds. The Morgan fingerprint density at radius 3 is 2.64 bits per heavy atom. The summed E-state index contributed by atoms with van der Waals surface area (Å²) >= 11 is 3.51. The molecule has 4 nitrogen and oxygen atoms in total. The lowest BCUT2D eigenvalue weighted by molar-refractivity contribution is -0.149. The van der Waals surface area contributed by atoms with Gasteiger partial charge in [-0.1, -0.05) is 6.07 Å². The molecule has 0 saturated heterocycles. The average Bonchev–Trinajstić information content (AvgIpc) is 2.54. The minimum absolute atomic E-state index is 0.0277. The molecule has 0 unspecified atom stereocenters. The molecule has 0 aromatic heterocycles. The minimum Gasteiger partial charge on any atom is -0.496 e. The third-order valence-corrected chi connectivity index (χ3v) is 4.78. The number of nitrogens with one attached hydrogen (secondary N) is 1. The quantitative estimate of drug-likeness (QED) is 0.777. The van der Waals surface area contributed by atoms with Gasteiger partial charge >= 0.3 is 5.97 Å². The van der Waals surface area contributed by atoms with Crippen LogP contribution >= 0.6 is 15.9 Å². The molecular weight excluding hydrogens is 346 g/mol. The molecule has 1 aromatic carbocycles. The van der Waals surface area contributed by atoms with Crippen molar-refractivity contribution in [2.24, 2.45) is 5.92 Å². The van der Waals surface area contributed by atoms with Crippen LogP contribution in [0.15, 0.2) is 22.7 Å². The van der Waals surface area contributed by atoms with Crippen LogP contribution in [0.2, 0.25) is 0 Å². The summed E-state index contributed by atoms with van der Waals surface area (Å²) in [5.74, 6) is 0.909. The van der Waals surface area contributed by atoms with Crippen molar-refractivity contribution in [3.8, 4) is 5.75 Å². The lowest BCUT2D eigenvalue weighted by Gasteiger charge is -2.28. The third kappa shape index (κ3) is 4.71. The number of benzene rings is 1. The highest BCUT2D eigenvalue weighted by molar-refractivity contribution is 9.10. The van der Waals surface area contributed by atoms with Crippen molar-refractivity contribution >= 4 is 21.9 Å². The summed E-state index contributed by atoms with van der Waals surface area (Å²) < 4.78 is 11.3. The Bertz CT molecular complexity index is 499. The average molecular weight is 370 g/mol. The van der Waals surface area contributed by atoms with E-state index >= 15 is 0 Å². The zero-order chi connectivity index (χ0) is 15.9. The van der Waals surface area contributed by atoms with Gasteiger partial charge in [0.15, 0.2) is 0 Å². The highest BCUT2D eigenvalue weighted by atomic mass is 79.9. The number of ether oxygens (including phenoxy) is 2. The molecule has 0 spiro atoms. The van der Waals surface area contributed by atoms with Crippen LogP contribution in [-0.4, -0.2) is 25.7 Å². The third-order valence-electron chi connectivity index (χ3n) is 4.16. The Balaban J connectivity index is 1.77. The fourth-order valence-corrected chi connectivity index (χ4v) is 3.46. The Morgan fingerprint density at radius 2 is 2.05 bits per heavy atom. The maximum Gasteiger partial charge on any atom is 0.308 e. The minimum atomic E-state index is -0.0277. The van der Waals surface area contributed by atoms with E-state index in [1.807, 2.05) is 13.0 Å². The van der Waals surface area contributed by atoms with Crippen LogP contribution in [0.3, 0.4) is 0 Å². The number of rotatable bonds is 6. The molecule has 0 atom stereocenters. The van der Waals surface area contributed by atoms with Gasteiger partial charge in [-0.05, 0) is 66.2 Å². The zero-order valence-electron chi connectivity index (χ0n) is 13.2. The first-order valence-electron chi connectivity index (χ1n) is 7.86. The number of esters is 1.